The van der Waals surface area contributed by atoms with E-state index in [0.717, 1.165) is 29.4 Å². The van der Waals surface area contributed by atoms with Gasteiger partial charge in [-0.05, 0) is 30.2 Å². The van der Waals surface area contributed by atoms with Crippen molar-refractivity contribution in [2.75, 3.05) is 0 Å². The number of aromatic nitrogens is 2. The molecule has 3 nitrogen and oxygen atoms in total. The highest BCUT2D eigenvalue weighted by atomic mass is 16.3. The Morgan fingerprint density at radius 1 is 0.944 bits per heavy atom. The molecule has 18 heavy (non-hydrogen) atoms. The number of phenols is 1. The van der Waals surface area contributed by atoms with E-state index < -0.39 is 0 Å². The largest absolute Gasteiger partial charge is 0.506 e. The zero-order valence-corrected chi connectivity index (χ0v) is 10.2. The predicted molar refractivity (Wildman–Crippen MR) is 72.7 cm³/mol. The van der Waals surface area contributed by atoms with Gasteiger partial charge in [-0.3, -0.25) is 0 Å². The topological polar surface area (TPSA) is 46.0 Å². The lowest BCUT2D eigenvalue weighted by Gasteiger charge is -2.06. The van der Waals surface area contributed by atoms with E-state index >= 15 is 0 Å². The predicted octanol–water partition coefficient (Wildman–Crippen LogP) is 3.44. The first-order chi connectivity index (χ1) is 8.79. The summed E-state index contributed by atoms with van der Waals surface area (Å²) >= 11 is 0. The summed E-state index contributed by atoms with van der Waals surface area (Å²) in [6, 6.07) is 11.3. The molecule has 0 aliphatic heterocycles. The monoisotopic (exact) mass is 238 g/mol. The Labute approximate surface area is 105 Å². The van der Waals surface area contributed by atoms with Crippen molar-refractivity contribution in [2.45, 2.75) is 19.8 Å². The number of aryl methyl sites for hydroxylation is 1. The smallest absolute Gasteiger partial charge is 0.143 e. The standard InChI is InChI=1S/C15H14N2O/c1-2-5-10-6-3-7-11-14(10)17-15-12(16-11)8-4-9-13(15)18/h3-4,6-9,18H,2,5H2,1H3. The van der Waals surface area contributed by atoms with Crippen molar-refractivity contribution in [3.8, 4) is 5.75 Å². The molecule has 0 aliphatic rings. The van der Waals surface area contributed by atoms with Gasteiger partial charge in [0.05, 0.1) is 16.6 Å². The number of hydrogen-bond acceptors (Lipinski definition) is 3. The zero-order chi connectivity index (χ0) is 12.5. The van der Waals surface area contributed by atoms with Crippen molar-refractivity contribution < 1.29 is 5.11 Å². The molecular formula is C15H14N2O. The fraction of sp³-hybridized carbons (Fsp3) is 0.200. The molecule has 2 aromatic carbocycles. The maximum Gasteiger partial charge on any atom is 0.143 e. The van der Waals surface area contributed by atoms with Crippen LogP contribution in [-0.4, -0.2) is 15.1 Å². The molecular weight excluding hydrogens is 224 g/mol. The number of benzene rings is 2. The van der Waals surface area contributed by atoms with Crippen LogP contribution in [0.1, 0.15) is 18.9 Å². The van der Waals surface area contributed by atoms with Crippen LogP contribution in [0.3, 0.4) is 0 Å². The molecule has 0 spiro atoms. The Bertz CT molecular complexity index is 722. The SMILES string of the molecule is CCCc1cccc2nc3cccc(O)c3nc12. The Kier molecular flexibility index (Phi) is 2.59. The molecule has 0 bridgehead atoms. The molecule has 90 valence electrons. The Morgan fingerprint density at radius 2 is 1.67 bits per heavy atom. The molecule has 0 aliphatic carbocycles. The van der Waals surface area contributed by atoms with Crippen LogP contribution in [0.5, 0.6) is 5.75 Å². The summed E-state index contributed by atoms with van der Waals surface area (Å²) in [5, 5.41) is 9.85. The summed E-state index contributed by atoms with van der Waals surface area (Å²) in [6.45, 7) is 2.14. The number of para-hydroxylation sites is 2. The van der Waals surface area contributed by atoms with Crippen molar-refractivity contribution in [1.82, 2.24) is 9.97 Å². The molecule has 1 heterocycles. The van der Waals surface area contributed by atoms with E-state index in [2.05, 4.69) is 23.0 Å². The third-order valence-electron chi connectivity index (χ3n) is 3.08. The fourth-order valence-corrected chi connectivity index (χ4v) is 2.23. The molecule has 0 radical (unpaired) electrons. The minimum Gasteiger partial charge on any atom is -0.506 e. The van der Waals surface area contributed by atoms with Crippen LogP contribution in [0, 0.1) is 0 Å². The van der Waals surface area contributed by atoms with E-state index in [1.807, 2.05) is 18.2 Å². The minimum atomic E-state index is 0.188. The van der Waals surface area contributed by atoms with Gasteiger partial charge in [0, 0.05) is 0 Å². The van der Waals surface area contributed by atoms with Crippen LogP contribution in [0.15, 0.2) is 36.4 Å². The van der Waals surface area contributed by atoms with Gasteiger partial charge < -0.3 is 5.11 Å². The average molecular weight is 238 g/mol. The average Bonchev–Trinajstić information content (AvgIpc) is 2.38. The Morgan fingerprint density at radius 3 is 2.44 bits per heavy atom. The van der Waals surface area contributed by atoms with Gasteiger partial charge in [-0.1, -0.05) is 31.5 Å². The molecule has 0 saturated heterocycles. The first-order valence-electron chi connectivity index (χ1n) is 6.17. The maximum atomic E-state index is 9.85. The van der Waals surface area contributed by atoms with Crippen molar-refractivity contribution in [2.24, 2.45) is 0 Å². The van der Waals surface area contributed by atoms with Crippen LogP contribution in [-0.2, 0) is 6.42 Å². The third kappa shape index (κ3) is 1.68. The first kappa shape index (κ1) is 11.0. The number of fused-ring (bicyclic) bond motifs is 2. The molecule has 3 rings (SSSR count). The highest BCUT2D eigenvalue weighted by molar-refractivity contribution is 5.90. The Hall–Kier alpha value is -2.16. The maximum absolute atomic E-state index is 9.85. The summed E-state index contributed by atoms with van der Waals surface area (Å²) in [7, 11) is 0. The van der Waals surface area contributed by atoms with E-state index in [1.54, 1.807) is 12.1 Å². The van der Waals surface area contributed by atoms with Crippen molar-refractivity contribution >= 4 is 22.1 Å². The minimum absolute atomic E-state index is 0.188. The first-order valence-corrected chi connectivity index (χ1v) is 6.17. The van der Waals surface area contributed by atoms with Crippen molar-refractivity contribution in [3.63, 3.8) is 0 Å². The van der Waals surface area contributed by atoms with Crippen LogP contribution in [0.2, 0.25) is 0 Å². The summed E-state index contributed by atoms with van der Waals surface area (Å²) < 4.78 is 0. The molecule has 3 aromatic rings. The molecule has 0 atom stereocenters. The summed E-state index contributed by atoms with van der Waals surface area (Å²) in [4.78, 5) is 9.14. The number of phenolic OH excluding ortho intramolecular Hbond substituents is 1. The second-order valence-electron chi connectivity index (χ2n) is 4.40. The number of nitrogens with zero attached hydrogens (tertiary/aromatic N) is 2. The van der Waals surface area contributed by atoms with Gasteiger partial charge in [-0.15, -0.1) is 0 Å². The second kappa shape index (κ2) is 4.26. The molecule has 3 heteroatoms. The lowest BCUT2D eigenvalue weighted by Crippen LogP contribution is -1.93. The highest BCUT2D eigenvalue weighted by Crippen LogP contribution is 2.25. The molecule has 0 saturated carbocycles. The molecule has 0 amide bonds. The van der Waals surface area contributed by atoms with E-state index in [4.69, 9.17) is 0 Å². The van der Waals surface area contributed by atoms with Gasteiger partial charge in [0.1, 0.15) is 11.3 Å². The summed E-state index contributed by atoms with van der Waals surface area (Å²) in [5.74, 6) is 0.188. The van der Waals surface area contributed by atoms with Gasteiger partial charge in [-0.2, -0.15) is 0 Å². The molecule has 0 fully saturated rings. The number of aromatic hydroxyl groups is 1. The van der Waals surface area contributed by atoms with Crippen molar-refractivity contribution in [1.29, 1.82) is 0 Å². The summed E-state index contributed by atoms with van der Waals surface area (Å²) in [5.41, 5.74) is 4.28. The number of rotatable bonds is 2. The molecule has 1 aromatic heterocycles. The lowest BCUT2D eigenvalue weighted by atomic mass is 10.1. The second-order valence-corrected chi connectivity index (χ2v) is 4.40. The molecule has 1 N–H and O–H groups in total. The third-order valence-corrected chi connectivity index (χ3v) is 3.08. The van der Waals surface area contributed by atoms with Gasteiger partial charge in [0.25, 0.3) is 0 Å². The van der Waals surface area contributed by atoms with E-state index in [9.17, 15) is 5.11 Å². The van der Waals surface area contributed by atoms with Crippen LogP contribution < -0.4 is 0 Å². The Balaban J connectivity index is 2.38. The van der Waals surface area contributed by atoms with Crippen LogP contribution >= 0.6 is 0 Å². The zero-order valence-electron chi connectivity index (χ0n) is 10.2. The lowest BCUT2D eigenvalue weighted by molar-refractivity contribution is 0.480. The quantitative estimate of drug-likeness (QED) is 0.695. The fourth-order valence-electron chi connectivity index (χ4n) is 2.23. The van der Waals surface area contributed by atoms with Gasteiger partial charge in [0.2, 0.25) is 0 Å². The van der Waals surface area contributed by atoms with E-state index in [1.165, 1.54) is 5.56 Å². The molecule has 0 unspecified atom stereocenters. The van der Waals surface area contributed by atoms with Crippen LogP contribution in [0.25, 0.3) is 22.1 Å². The van der Waals surface area contributed by atoms with Crippen molar-refractivity contribution in [3.05, 3.63) is 42.0 Å². The number of hydrogen-bond donors (Lipinski definition) is 1. The van der Waals surface area contributed by atoms with Gasteiger partial charge in [-0.25, -0.2) is 9.97 Å². The van der Waals surface area contributed by atoms with E-state index in [-0.39, 0.29) is 5.75 Å². The van der Waals surface area contributed by atoms with E-state index in [0.29, 0.717) is 5.52 Å². The normalized spacial score (nSPS) is 11.2. The highest BCUT2D eigenvalue weighted by Gasteiger charge is 2.07. The van der Waals surface area contributed by atoms with Gasteiger partial charge >= 0.3 is 0 Å². The van der Waals surface area contributed by atoms with Crippen LogP contribution in [0.4, 0.5) is 0 Å². The summed E-state index contributed by atoms with van der Waals surface area (Å²) in [6.07, 6.45) is 2.05. The van der Waals surface area contributed by atoms with Gasteiger partial charge in [0.15, 0.2) is 0 Å².